The zero-order valence-electron chi connectivity index (χ0n) is 18.1. The summed E-state index contributed by atoms with van der Waals surface area (Å²) in [7, 11) is 0. The van der Waals surface area contributed by atoms with Crippen LogP contribution in [0.4, 0.5) is 0 Å². The van der Waals surface area contributed by atoms with E-state index in [2.05, 4.69) is 32.2 Å². The van der Waals surface area contributed by atoms with Gasteiger partial charge < -0.3 is 14.8 Å². The van der Waals surface area contributed by atoms with Crippen LogP contribution >= 0.6 is 0 Å². The van der Waals surface area contributed by atoms with E-state index in [0.717, 1.165) is 33.4 Å². The van der Waals surface area contributed by atoms with Crippen LogP contribution in [0, 0.1) is 6.92 Å². The quantitative estimate of drug-likeness (QED) is 0.592. The lowest BCUT2D eigenvalue weighted by molar-refractivity contribution is -0.129. The van der Waals surface area contributed by atoms with Crippen LogP contribution in [0.25, 0.3) is 10.8 Å². The molecular formula is C26H29NO3. The summed E-state index contributed by atoms with van der Waals surface area (Å²) >= 11 is 0. The van der Waals surface area contributed by atoms with Gasteiger partial charge in [0.15, 0.2) is 6.10 Å². The minimum Gasteiger partial charge on any atom is -0.487 e. The second kappa shape index (κ2) is 8.02. The number of rotatable bonds is 5. The Morgan fingerprint density at radius 3 is 2.73 bits per heavy atom. The number of hydrogen-bond donors (Lipinski definition) is 1. The van der Waals surface area contributed by atoms with Gasteiger partial charge in [0.25, 0.3) is 5.91 Å². The lowest BCUT2D eigenvalue weighted by Crippen LogP contribution is -2.45. The molecule has 3 aromatic rings. The van der Waals surface area contributed by atoms with E-state index in [0.29, 0.717) is 12.8 Å². The van der Waals surface area contributed by atoms with Crippen LogP contribution < -0.4 is 14.8 Å². The molecule has 30 heavy (non-hydrogen) atoms. The molecule has 3 aromatic carbocycles. The van der Waals surface area contributed by atoms with Gasteiger partial charge in [-0.25, -0.2) is 0 Å². The van der Waals surface area contributed by atoms with Gasteiger partial charge in [0, 0.05) is 17.4 Å². The Kier molecular flexibility index (Phi) is 5.42. The summed E-state index contributed by atoms with van der Waals surface area (Å²) in [6.07, 6.45) is 0.734. The van der Waals surface area contributed by atoms with Crippen LogP contribution in [-0.4, -0.2) is 17.6 Å². The minimum atomic E-state index is -0.560. The summed E-state index contributed by atoms with van der Waals surface area (Å²) < 4.78 is 12.3. The Bertz CT molecular complexity index is 1070. The van der Waals surface area contributed by atoms with Gasteiger partial charge in [-0.1, -0.05) is 61.0 Å². The van der Waals surface area contributed by atoms with Crippen molar-refractivity contribution in [2.24, 2.45) is 0 Å². The van der Waals surface area contributed by atoms with E-state index in [1.54, 1.807) is 0 Å². The lowest BCUT2D eigenvalue weighted by atomic mass is 9.88. The Hall–Kier alpha value is -3.01. The smallest absolute Gasteiger partial charge is 0.261 e. The van der Waals surface area contributed by atoms with Gasteiger partial charge in [-0.3, -0.25) is 4.79 Å². The Labute approximate surface area is 178 Å². The fourth-order valence-corrected chi connectivity index (χ4v) is 4.14. The fraction of sp³-hybridized carbons (Fsp3) is 0.346. The predicted molar refractivity (Wildman–Crippen MR) is 120 cm³/mol. The van der Waals surface area contributed by atoms with Gasteiger partial charge in [0.2, 0.25) is 0 Å². The Morgan fingerprint density at radius 2 is 1.93 bits per heavy atom. The summed E-state index contributed by atoms with van der Waals surface area (Å²) in [5, 5.41) is 5.34. The number of nitrogens with one attached hydrogen (secondary N) is 1. The van der Waals surface area contributed by atoms with E-state index in [1.165, 1.54) is 0 Å². The third-order valence-corrected chi connectivity index (χ3v) is 5.62. The van der Waals surface area contributed by atoms with Crippen molar-refractivity contribution in [1.29, 1.82) is 0 Å². The summed E-state index contributed by atoms with van der Waals surface area (Å²) in [6, 6.07) is 20.0. The second-order valence-electron chi connectivity index (χ2n) is 8.66. The van der Waals surface area contributed by atoms with E-state index in [9.17, 15) is 4.79 Å². The zero-order valence-corrected chi connectivity index (χ0v) is 18.1. The minimum absolute atomic E-state index is 0.0967. The molecule has 0 fully saturated rings. The lowest BCUT2D eigenvalue weighted by Gasteiger charge is -2.38. The van der Waals surface area contributed by atoms with Crippen molar-refractivity contribution in [3.63, 3.8) is 0 Å². The van der Waals surface area contributed by atoms with Crippen molar-refractivity contribution in [3.05, 3.63) is 71.8 Å². The van der Waals surface area contributed by atoms with Crippen molar-refractivity contribution >= 4 is 16.7 Å². The zero-order chi connectivity index (χ0) is 21.3. The summed E-state index contributed by atoms with van der Waals surface area (Å²) in [6.45, 7) is 8.14. The SMILES string of the molecule is CC[C@@H](Oc1cccc2ccccc12)C(=O)N[C@@H]1CC(C)(C)Oc2ccc(C)cc21. The molecule has 0 unspecified atom stereocenters. The van der Waals surface area contributed by atoms with Gasteiger partial charge in [0.05, 0.1) is 6.04 Å². The first-order chi connectivity index (χ1) is 14.4. The number of hydrogen-bond acceptors (Lipinski definition) is 3. The molecule has 2 atom stereocenters. The standard InChI is InChI=1S/C26H29NO3/c1-5-22(29-23-12-8-10-18-9-6-7-11-19(18)23)25(28)27-21-16-26(3,4)30-24-14-13-17(2)15-20(21)24/h6-15,21-22H,5,16H2,1-4H3,(H,27,28)/t21-,22-/m1/s1. The molecule has 0 spiro atoms. The van der Waals surface area contributed by atoms with Crippen molar-refractivity contribution in [3.8, 4) is 11.5 Å². The van der Waals surface area contributed by atoms with Crippen LogP contribution in [0.2, 0.25) is 0 Å². The molecule has 1 N–H and O–H groups in total. The molecule has 4 rings (SSSR count). The highest BCUT2D eigenvalue weighted by Crippen LogP contribution is 2.40. The second-order valence-corrected chi connectivity index (χ2v) is 8.66. The molecule has 0 bridgehead atoms. The molecule has 1 heterocycles. The van der Waals surface area contributed by atoms with E-state index in [1.807, 2.05) is 61.5 Å². The molecule has 156 valence electrons. The molecule has 1 aliphatic rings. The summed E-state index contributed by atoms with van der Waals surface area (Å²) in [4.78, 5) is 13.2. The maximum atomic E-state index is 13.2. The molecule has 0 aromatic heterocycles. The average molecular weight is 404 g/mol. The topological polar surface area (TPSA) is 47.6 Å². The first-order valence-corrected chi connectivity index (χ1v) is 10.6. The van der Waals surface area contributed by atoms with Crippen LogP contribution in [0.3, 0.4) is 0 Å². The van der Waals surface area contributed by atoms with Gasteiger partial charge in [0.1, 0.15) is 17.1 Å². The number of fused-ring (bicyclic) bond motifs is 2. The van der Waals surface area contributed by atoms with Gasteiger partial charge >= 0.3 is 0 Å². The van der Waals surface area contributed by atoms with Gasteiger partial charge in [-0.15, -0.1) is 0 Å². The largest absolute Gasteiger partial charge is 0.487 e. The van der Waals surface area contributed by atoms with Crippen molar-refractivity contribution < 1.29 is 14.3 Å². The third-order valence-electron chi connectivity index (χ3n) is 5.62. The molecule has 0 radical (unpaired) electrons. The first kappa shape index (κ1) is 20.3. The van der Waals surface area contributed by atoms with E-state index >= 15 is 0 Å². The van der Waals surface area contributed by atoms with Crippen LogP contribution in [0.1, 0.15) is 50.8 Å². The number of carbonyl (C=O) groups is 1. The molecule has 4 heteroatoms. The molecule has 4 nitrogen and oxygen atoms in total. The van der Waals surface area contributed by atoms with E-state index < -0.39 is 6.10 Å². The van der Waals surface area contributed by atoms with Crippen LogP contribution in [-0.2, 0) is 4.79 Å². The van der Waals surface area contributed by atoms with Crippen molar-refractivity contribution in [2.75, 3.05) is 0 Å². The number of carbonyl (C=O) groups excluding carboxylic acids is 1. The van der Waals surface area contributed by atoms with Gasteiger partial charge in [-0.05, 0) is 44.7 Å². The van der Waals surface area contributed by atoms with Crippen LogP contribution in [0.15, 0.2) is 60.7 Å². The highest BCUT2D eigenvalue weighted by molar-refractivity contribution is 5.89. The number of amides is 1. The van der Waals surface area contributed by atoms with E-state index in [4.69, 9.17) is 9.47 Å². The number of aryl methyl sites for hydroxylation is 1. The fourth-order valence-electron chi connectivity index (χ4n) is 4.14. The summed E-state index contributed by atoms with van der Waals surface area (Å²) in [5.41, 5.74) is 1.83. The molecule has 0 aliphatic carbocycles. The third kappa shape index (κ3) is 4.13. The number of benzene rings is 3. The van der Waals surface area contributed by atoms with E-state index in [-0.39, 0.29) is 17.6 Å². The average Bonchev–Trinajstić information content (AvgIpc) is 2.72. The Morgan fingerprint density at radius 1 is 1.17 bits per heavy atom. The summed E-state index contributed by atoms with van der Waals surface area (Å²) in [5.74, 6) is 1.48. The molecule has 1 amide bonds. The maximum absolute atomic E-state index is 13.2. The van der Waals surface area contributed by atoms with Crippen molar-refractivity contribution in [1.82, 2.24) is 5.32 Å². The molecule has 0 saturated heterocycles. The highest BCUT2D eigenvalue weighted by atomic mass is 16.5. The first-order valence-electron chi connectivity index (χ1n) is 10.6. The molecular weight excluding hydrogens is 374 g/mol. The number of ether oxygens (including phenoxy) is 2. The maximum Gasteiger partial charge on any atom is 0.261 e. The predicted octanol–water partition coefficient (Wildman–Crippen LogP) is 5.72. The molecule has 1 aliphatic heterocycles. The normalized spacial score (nSPS) is 18.2. The monoisotopic (exact) mass is 403 g/mol. The highest BCUT2D eigenvalue weighted by Gasteiger charge is 2.35. The Balaban J connectivity index is 1.57. The van der Waals surface area contributed by atoms with Gasteiger partial charge in [-0.2, -0.15) is 0 Å². The molecule has 0 saturated carbocycles. The van der Waals surface area contributed by atoms with Crippen LogP contribution in [0.5, 0.6) is 11.5 Å². The van der Waals surface area contributed by atoms with Crippen molar-refractivity contribution in [2.45, 2.75) is 58.3 Å².